The number of ether oxygens (including phenoxy) is 1. The van der Waals surface area contributed by atoms with Gasteiger partial charge in [0.25, 0.3) is 0 Å². The van der Waals surface area contributed by atoms with Gasteiger partial charge >= 0.3 is 5.97 Å². The fourth-order valence-electron chi connectivity index (χ4n) is 3.49. The molecule has 5 heteroatoms. The number of benzene rings is 2. The van der Waals surface area contributed by atoms with Gasteiger partial charge in [0.05, 0.1) is 16.8 Å². The van der Waals surface area contributed by atoms with Crippen molar-refractivity contribution < 1.29 is 18.7 Å². The molecule has 2 aromatic carbocycles. The van der Waals surface area contributed by atoms with E-state index in [1.165, 1.54) is 6.08 Å². The van der Waals surface area contributed by atoms with Crippen molar-refractivity contribution in [1.82, 2.24) is 4.57 Å². The Kier molecular flexibility index (Phi) is 3.55. The second kappa shape index (κ2) is 6.09. The zero-order chi connectivity index (χ0) is 19.3. The number of hydrogen-bond donors (Lipinski definition) is 0. The quantitative estimate of drug-likeness (QED) is 0.224. The number of rotatable bonds is 2. The molecule has 0 atom stereocenters. The molecule has 0 aliphatic carbocycles. The monoisotopic (exact) mass is 369 g/mol. The standard InChI is InChI=1S/C23H15NO4/c1-24-18(14-7-3-2-4-8-14)13-21-19(24)12-15(27-21)11-17-22(25)16-9-5-6-10-20(16)28-23(17)26/h2-13H,1H3/b17-11-. The lowest BCUT2D eigenvalue weighted by Crippen LogP contribution is -2.24. The Bertz CT molecular complexity index is 1270. The summed E-state index contributed by atoms with van der Waals surface area (Å²) >= 11 is 0. The zero-order valence-electron chi connectivity index (χ0n) is 15.0. The summed E-state index contributed by atoms with van der Waals surface area (Å²) in [7, 11) is 1.95. The third-order valence-electron chi connectivity index (χ3n) is 4.90. The van der Waals surface area contributed by atoms with Gasteiger partial charge in [0.1, 0.15) is 17.1 Å². The largest absolute Gasteiger partial charge is 0.455 e. The molecule has 0 radical (unpaired) electrons. The molecule has 1 aliphatic rings. The van der Waals surface area contributed by atoms with E-state index in [0.29, 0.717) is 16.9 Å². The first-order valence-electron chi connectivity index (χ1n) is 8.84. The minimum atomic E-state index is -0.672. The molecule has 0 amide bonds. The van der Waals surface area contributed by atoms with Crippen molar-refractivity contribution in [3.05, 3.63) is 83.6 Å². The van der Waals surface area contributed by atoms with Crippen LogP contribution in [0.25, 0.3) is 28.4 Å². The fourth-order valence-corrected chi connectivity index (χ4v) is 3.49. The zero-order valence-corrected chi connectivity index (χ0v) is 15.0. The molecule has 28 heavy (non-hydrogen) atoms. The van der Waals surface area contributed by atoms with Gasteiger partial charge in [0, 0.05) is 19.2 Å². The van der Waals surface area contributed by atoms with Crippen molar-refractivity contribution in [3.8, 4) is 17.0 Å². The van der Waals surface area contributed by atoms with Crippen LogP contribution in [0.2, 0.25) is 0 Å². The number of nitrogens with zero attached hydrogens (tertiary/aromatic N) is 1. The Morgan fingerprint density at radius 3 is 2.46 bits per heavy atom. The molecule has 0 saturated carbocycles. The molecular formula is C23H15NO4. The van der Waals surface area contributed by atoms with Crippen LogP contribution in [-0.2, 0) is 11.8 Å². The summed E-state index contributed by atoms with van der Waals surface area (Å²) in [5, 5.41) is 0. The molecule has 0 saturated heterocycles. The average molecular weight is 369 g/mol. The lowest BCUT2D eigenvalue weighted by molar-refractivity contribution is -0.130. The lowest BCUT2D eigenvalue weighted by Gasteiger charge is -2.15. The first kappa shape index (κ1) is 16.3. The van der Waals surface area contributed by atoms with E-state index in [-0.39, 0.29) is 17.1 Å². The molecule has 3 heterocycles. The number of fused-ring (bicyclic) bond motifs is 2. The topological polar surface area (TPSA) is 61.4 Å². The molecule has 1 aliphatic heterocycles. The second-order valence-corrected chi connectivity index (χ2v) is 6.63. The number of aryl methyl sites for hydroxylation is 1. The fraction of sp³-hybridized carbons (Fsp3) is 0.0435. The number of furan rings is 1. The molecule has 4 aromatic rings. The maximum Gasteiger partial charge on any atom is 0.347 e. The molecule has 2 aromatic heterocycles. The van der Waals surface area contributed by atoms with Gasteiger partial charge in [-0.2, -0.15) is 0 Å². The molecule has 0 unspecified atom stereocenters. The van der Waals surface area contributed by atoms with Crippen molar-refractivity contribution in [1.29, 1.82) is 0 Å². The molecule has 5 rings (SSSR count). The predicted molar refractivity (Wildman–Crippen MR) is 105 cm³/mol. The van der Waals surface area contributed by atoms with Crippen LogP contribution in [0.15, 0.2) is 76.7 Å². The lowest BCUT2D eigenvalue weighted by atomic mass is 9.99. The number of esters is 1. The van der Waals surface area contributed by atoms with Crippen molar-refractivity contribution in [2.45, 2.75) is 0 Å². The number of aromatic nitrogens is 1. The Morgan fingerprint density at radius 2 is 1.68 bits per heavy atom. The van der Waals surface area contributed by atoms with E-state index >= 15 is 0 Å². The highest BCUT2D eigenvalue weighted by Gasteiger charge is 2.30. The van der Waals surface area contributed by atoms with E-state index in [1.54, 1.807) is 24.3 Å². The van der Waals surface area contributed by atoms with Gasteiger partial charge in [0.2, 0.25) is 5.78 Å². The van der Waals surface area contributed by atoms with E-state index in [1.807, 2.05) is 54.1 Å². The smallest absolute Gasteiger partial charge is 0.347 e. The summed E-state index contributed by atoms with van der Waals surface area (Å²) in [6, 6.07) is 20.5. The Hall–Kier alpha value is -3.86. The molecule has 136 valence electrons. The Labute approximate surface area is 160 Å². The van der Waals surface area contributed by atoms with Gasteiger partial charge in [0.15, 0.2) is 5.58 Å². The van der Waals surface area contributed by atoms with E-state index in [9.17, 15) is 9.59 Å². The van der Waals surface area contributed by atoms with Gasteiger partial charge in [-0.3, -0.25) is 4.79 Å². The van der Waals surface area contributed by atoms with Crippen molar-refractivity contribution in [3.63, 3.8) is 0 Å². The van der Waals surface area contributed by atoms with Crippen molar-refractivity contribution >= 4 is 28.9 Å². The van der Waals surface area contributed by atoms with E-state index < -0.39 is 5.97 Å². The van der Waals surface area contributed by atoms with Crippen LogP contribution < -0.4 is 4.74 Å². The van der Waals surface area contributed by atoms with Crippen LogP contribution in [0.3, 0.4) is 0 Å². The number of para-hydroxylation sites is 1. The van der Waals surface area contributed by atoms with Gasteiger partial charge in [-0.05, 0) is 23.8 Å². The molecule has 5 nitrogen and oxygen atoms in total. The van der Waals surface area contributed by atoms with Gasteiger partial charge in [-0.1, -0.05) is 42.5 Å². The molecule has 0 N–H and O–H groups in total. The van der Waals surface area contributed by atoms with Crippen molar-refractivity contribution in [2.75, 3.05) is 0 Å². The third-order valence-corrected chi connectivity index (χ3v) is 4.90. The maximum atomic E-state index is 12.7. The number of ketones is 1. The minimum absolute atomic E-state index is 0.0407. The Morgan fingerprint density at radius 1 is 0.929 bits per heavy atom. The van der Waals surface area contributed by atoms with Gasteiger partial charge in [-0.15, -0.1) is 0 Å². The van der Waals surface area contributed by atoms with Crippen LogP contribution in [0.5, 0.6) is 5.75 Å². The molecule has 0 fully saturated rings. The highest BCUT2D eigenvalue weighted by atomic mass is 16.5. The number of hydrogen-bond acceptors (Lipinski definition) is 4. The average Bonchev–Trinajstić information content (AvgIpc) is 3.24. The summed E-state index contributed by atoms with van der Waals surface area (Å²) in [6.45, 7) is 0. The number of carbonyl (C=O) groups is 2. The Balaban J connectivity index is 1.56. The SMILES string of the molecule is Cn1c(-c2ccccc2)cc2oc(/C=C3\C(=O)Oc4ccccc4C3=O)cc21. The summed E-state index contributed by atoms with van der Waals surface area (Å²) in [5.41, 5.74) is 4.00. The van der Waals surface area contributed by atoms with Crippen LogP contribution in [-0.4, -0.2) is 16.3 Å². The summed E-state index contributed by atoms with van der Waals surface area (Å²) in [5.74, 6) is -0.321. The summed E-state index contributed by atoms with van der Waals surface area (Å²) in [4.78, 5) is 24.9. The molecule has 0 bridgehead atoms. The third kappa shape index (κ3) is 2.48. The van der Waals surface area contributed by atoms with Crippen LogP contribution in [0.1, 0.15) is 16.1 Å². The summed E-state index contributed by atoms with van der Waals surface area (Å²) in [6.07, 6.45) is 1.45. The first-order valence-corrected chi connectivity index (χ1v) is 8.84. The van der Waals surface area contributed by atoms with Gasteiger partial charge < -0.3 is 13.7 Å². The second-order valence-electron chi connectivity index (χ2n) is 6.63. The van der Waals surface area contributed by atoms with Gasteiger partial charge in [-0.25, -0.2) is 4.79 Å². The predicted octanol–water partition coefficient (Wildman–Crippen LogP) is 4.62. The van der Waals surface area contributed by atoms with Crippen molar-refractivity contribution in [2.24, 2.45) is 7.05 Å². The number of Topliss-reactive ketones (excluding diaryl/α,β-unsaturated/α-hetero) is 1. The normalized spacial score (nSPS) is 15.1. The van der Waals surface area contributed by atoms with E-state index in [4.69, 9.17) is 9.15 Å². The molecular weight excluding hydrogens is 354 g/mol. The minimum Gasteiger partial charge on any atom is -0.455 e. The highest BCUT2D eigenvalue weighted by Crippen LogP contribution is 2.32. The molecule has 0 spiro atoms. The van der Waals surface area contributed by atoms with E-state index in [0.717, 1.165) is 16.8 Å². The first-order chi connectivity index (χ1) is 13.6. The highest BCUT2D eigenvalue weighted by molar-refractivity contribution is 6.30. The maximum absolute atomic E-state index is 12.7. The van der Waals surface area contributed by atoms with Crippen LogP contribution >= 0.6 is 0 Å². The van der Waals surface area contributed by atoms with Crippen LogP contribution in [0, 0.1) is 0 Å². The summed E-state index contributed by atoms with van der Waals surface area (Å²) < 4.78 is 13.2. The van der Waals surface area contributed by atoms with E-state index in [2.05, 4.69) is 0 Å². The number of carbonyl (C=O) groups excluding carboxylic acids is 2. The van der Waals surface area contributed by atoms with Crippen LogP contribution in [0.4, 0.5) is 0 Å².